The van der Waals surface area contributed by atoms with Crippen molar-refractivity contribution >= 4 is 16.9 Å². The Bertz CT molecular complexity index is 793. The van der Waals surface area contributed by atoms with Crippen molar-refractivity contribution in [3.05, 3.63) is 71.4 Å². The number of aromatic nitrogens is 1. The fraction of sp³-hybridized carbons (Fsp3) is 0.167. The molecule has 0 atom stereocenters. The zero-order chi connectivity index (χ0) is 14.8. The number of nitrogens with zero attached hydrogens (tertiary/aromatic N) is 1. The monoisotopic (exact) mass is 462 g/mol. The van der Waals surface area contributed by atoms with Crippen LogP contribution in [0.25, 0.3) is 10.9 Å². The number of carbonyl (C=O) groups is 1. The van der Waals surface area contributed by atoms with Crippen LogP contribution in [0.1, 0.15) is 16.8 Å². The average molecular weight is 462 g/mol. The third-order valence-corrected chi connectivity index (χ3v) is 3.82. The zero-order valence-corrected chi connectivity index (χ0v) is 15.2. The second-order valence-electron chi connectivity index (χ2n) is 5.15. The molecule has 0 unspecified atom stereocenters. The minimum absolute atomic E-state index is 0. The van der Waals surface area contributed by atoms with Crippen LogP contribution < -0.4 is 0 Å². The molecule has 22 heavy (non-hydrogen) atoms. The van der Waals surface area contributed by atoms with E-state index >= 15 is 0 Å². The second-order valence-corrected chi connectivity index (χ2v) is 5.15. The van der Waals surface area contributed by atoms with Gasteiger partial charge in [0.05, 0.1) is 0 Å². The second kappa shape index (κ2) is 6.93. The van der Waals surface area contributed by atoms with Gasteiger partial charge in [0.15, 0.2) is 0 Å². The van der Waals surface area contributed by atoms with Gasteiger partial charge in [-0.2, -0.15) is 18.2 Å². The number of carboxylic acids is 1. The Morgan fingerprint density at radius 1 is 1.23 bits per heavy atom. The third kappa shape index (κ3) is 3.15. The van der Waals surface area contributed by atoms with Crippen LogP contribution in [0.3, 0.4) is 0 Å². The number of rotatable bonds is 4. The third-order valence-electron chi connectivity index (χ3n) is 3.82. The summed E-state index contributed by atoms with van der Waals surface area (Å²) in [6, 6.07) is 19.0. The maximum atomic E-state index is 11.1. The minimum Gasteiger partial charge on any atom is -0.480 e. The van der Waals surface area contributed by atoms with Gasteiger partial charge in [0, 0.05) is 26.8 Å². The standard InChI is InChI=1S/C18H16NO2.W/c1-13-16(11-14-7-3-2-4-8-14)15-9-5-6-10-17(15)19(13)12-18(20)21;/h2-4,6-10H,11-12H2,1H3,(H,20,21);/q-1;. The molecule has 0 saturated carbocycles. The Balaban J connectivity index is 0.00000176. The largest absolute Gasteiger partial charge is 0.480 e. The van der Waals surface area contributed by atoms with Crippen molar-refractivity contribution < 1.29 is 31.0 Å². The molecule has 0 saturated heterocycles. The van der Waals surface area contributed by atoms with Gasteiger partial charge >= 0.3 is 5.97 Å². The molecule has 3 nitrogen and oxygen atoms in total. The average Bonchev–Trinajstić information content (AvgIpc) is 2.74. The van der Waals surface area contributed by atoms with E-state index in [4.69, 9.17) is 5.11 Å². The van der Waals surface area contributed by atoms with E-state index < -0.39 is 5.97 Å². The Labute approximate surface area is 143 Å². The van der Waals surface area contributed by atoms with E-state index in [9.17, 15) is 4.79 Å². The van der Waals surface area contributed by atoms with E-state index in [-0.39, 0.29) is 27.6 Å². The summed E-state index contributed by atoms with van der Waals surface area (Å²) < 4.78 is 1.86. The van der Waals surface area contributed by atoms with Gasteiger partial charge < -0.3 is 9.67 Å². The maximum absolute atomic E-state index is 11.1. The van der Waals surface area contributed by atoms with E-state index in [1.807, 2.05) is 47.9 Å². The molecule has 0 amide bonds. The molecule has 3 rings (SSSR count). The molecule has 2 aromatic carbocycles. The van der Waals surface area contributed by atoms with Crippen molar-refractivity contribution in [2.45, 2.75) is 19.9 Å². The molecule has 0 aliphatic heterocycles. The van der Waals surface area contributed by atoms with Gasteiger partial charge in [0.1, 0.15) is 6.54 Å². The van der Waals surface area contributed by atoms with Gasteiger partial charge in [0.2, 0.25) is 0 Å². The van der Waals surface area contributed by atoms with Gasteiger partial charge in [-0.25, -0.2) is 0 Å². The van der Waals surface area contributed by atoms with Crippen molar-refractivity contribution in [3.63, 3.8) is 0 Å². The maximum Gasteiger partial charge on any atom is 0.323 e. The molecular weight excluding hydrogens is 446 g/mol. The van der Waals surface area contributed by atoms with Crippen molar-refractivity contribution in [2.75, 3.05) is 0 Å². The van der Waals surface area contributed by atoms with Crippen LogP contribution in [0.5, 0.6) is 0 Å². The van der Waals surface area contributed by atoms with E-state index in [1.54, 1.807) is 0 Å². The Kier molecular flexibility index (Phi) is 5.20. The molecular formula is C18H16NO2W-. The molecule has 1 N–H and O–H groups in total. The summed E-state index contributed by atoms with van der Waals surface area (Å²) in [5.74, 6) is -0.825. The molecule has 0 spiro atoms. The van der Waals surface area contributed by atoms with Crippen LogP contribution in [0, 0.1) is 13.0 Å². The van der Waals surface area contributed by atoms with E-state index in [0.717, 1.165) is 23.0 Å². The first kappa shape index (κ1) is 16.5. The summed E-state index contributed by atoms with van der Waals surface area (Å²) in [6.07, 6.45) is 0.799. The van der Waals surface area contributed by atoms with Crippen LogP contribution in [0.4, 0.5) is 0 Å². The summed E-state index contributed by atoms with van der Waals surface area (Å²) in [6.45, 7) is 1.97. The van der Waals surface area contributed by atoms with E-state index in [2.05, 4.69) is 18.2 Å². The first-order valence-electron chi connectivity index (χ1n) is 6.90. The number of hydrogen-bond acceptors (Lipinski definition) is 1. The summed E-state index contributed by atoms with van der Waals surface area (Å²) in [7, 11) is 0. The van der Waals surface area contributed by atoms with Crippen LogP contribution in [0.2, 0.25) is 0 Å². The van der Waals surface area contributed by atoms with E-state index in [0.29, 0.717) is 0 Å². The fourth-order valence-electron chi connectivity index (χ4n) is 2.80. The number of hydrogen-bond donors (Lipinski definition) is 1. The van der Waals surface area contributed by atoms with Crippen molar-refractivity contribution in [1.82, 2.24) is 4.57 Å². The quantitative estimate of drug-likeness (QED) is 0.605. The van der Waals surface area contributed by atoms with Gasteiger partial charge in [-0.3, -0.25) is 4.79 Å². The molecule has 112 valence electrons. The van der Waals surface area contributed by atoms with Gasteiger partial charge in [-0.05, 0) is 18.9 Å². The molecule has 4 heteroatoms. The normalized spacial score (nSPS) is 10.4. The van der Waals surface area contributed by atoms with Crippen LogP contribution >= 0.6 is 0 Å². The molecule has 0 bridgehead atoms. The molecule has 1 heterocycles. The number of carboxylic acid groups (broad SMARTS) is 1. The first-order valence-corrected chi connectivity index (χ1v) is 6.90. The summed E-state index contributed by atoms with van der Waals surface area (Å²) in [5.41, 5.74) is 4.36. The van der Waals surface area contributed by atoms with Crippen LogP contribution in [-0.4, -0.2) is 15.6 Å². The topological polar surface area (TPSA) is 42.2 Å². The van der Waals surface area contributed by atoms with Crippen molar-refractivity contribution in [1.29, 1.82) is 0 Å². The molecule has 3 aromatic rings. The summed E-state index contributed by atoms with van der Waals surface area (Å²) >= 11 is 0. The van der Waals surface area contributed by atoms with Gasteiger partial charge in [-0.1, -0.05) is 41.4 Å². The minimum atomic E-state index is -0.825. The predicted molar refractivity (Wildman–Crippen MR) is 82.4 cm³/mol. The fourth-order valence-corrected chi connectivity index (χ4v) is 2.80. The first-order chi connectivity index (χ1) is 10.2. The Hall–Kier alpha value is -1.86. The molecule has 0 aliphatic carbocycles. The molecule has 1 aromatic heterocycles. The van der Waals surface area contributed by atoms with Crippen LogP contribution in [0.15, 0.2) is 48.5 Å². The Morgan fingerprint density at radius 3 is 2.64 bits per heavy atom. The van der Waals surface area contributed by atoms with Gasteiger partial charge in [0.25, 0.3) is 0 Å². The van der Waals surface area contributed by atoms with E-state index in [1.165, 1.54) is 11.1 Å². The number of fused-ring (bicyclic) bond motifs is 1. The molecule has 0 aliphatic rings. The predicted octanol–water partition coefficient (Wildman–Crippen LogP) is 3.42. The summed E-state index contributed by atoms with van der Waals surface area (Å²) in [4.78, 5) is 11.1. The molecule has 0 radical (unpaired) electrons. The number of aliphatic carboxylic acids is 1. The van der Waals surface area contributed by atoms with Crippen molar-refractivity contribution in [2.24, 2.45) is 0 Å². The van der Waals surface area contributed by atoms with Gasteiger partial charge in [-0.15, -0.1) is 11.5 Å². The van der Waals surface area contributed by atoms with Crippen LogP contribution in [-0.2, 0) is 38.8 Å². The smallest absolute Gasteiger partial charge is 0.323 e. The molecule has 0 fully saturated rings. The summed E-state index contributed by atoms with van der Waals surface area (Å²) in [5, 5.41) is 10.2. The Morgan fingerprint density at radius 2 is 1.95 bits per heavy atom. The number of benzene rings is 2. The van der Waals surface area contributed by atoms with Crippen molar-refractivity contribution in [3.8, 4) is 0 Å². The zero-order valence-electron chi connectivity index (χ0n) is 12.2. The SMILES string of the molecule is Cc1c(Cc2ccccc2)c2c[c-]ccc2n1CC(=O)O.[W].